The lowest BCUT2D eigenvalue weighted by atomic mass is 10.1. The number of benzene rings is 1. The first kappa shape index (κ1) is 24.0. The van der Waals surface area contributed by atoms with E-state index < -0.39 is 44.9 Å². The summed E-state index contributed by atoms with van der Waals surface area (Å²) < 4.78 is 29.8. The second-order valence-corrected chi connectivity index (χ2v) is 9.04. The van der Waals surface area contributed by atoms with Crippen LogP contribution < -0.4 is 16.0 Å². The van der Waals surface area contributed by atoms with E-state index in [0.29, 0.717) is 16.7 Å². The number of carboxylic acid groups (broad SMARTS) is 1. The number of phosphoric ester groups is 1. The summed E-state index contributed by atoms with van der Waals surface area (Å²) in [6.45, 7) is -0.416. The number of nitrogens with two attached hydrogens (primary N) is 2. The Morgan fingerprint density at radius 3 is 2.74 bits per heavy atom. The fraction of sp³-hybridized carbons (Fsp3) is 0.368. The van der Waals surface area contributed by atoms with E-state index in [4.69, 9.17) is 30.4 Å². The molecule has 4 rings (SSSR count). The Morgan fingerprint density at radius 2 is 2.03 bits per heavy atom. The number of carbonyl (C=O) groups is 1. The largest absolute Gasteiger partial charge is 0.527 e. The zero-order valence-electron chi connectivity index (χ0n) is 17.7. The van der Waals surface area contributed by atoms with E-state index in [-0.39, 0.29) is 24.4 Å². The molecule has 15 heteroatoms. The lowest BCUT2D eigenvalue weighted by molar-refractivity contribution is -0.138. The van der Waals surface area contributed by atoms with Gasteiger partial charge in [-0.3, -0.25) is 18.8 Å². The molecular formula is C19H23N6O8P. The average molecular weight is 494 g/mol. The zero-order chi connectivity index (χ0) is 24.5. The van der Waals surface area contributed by atoms with Crippen LogP contribution in [-0.2, 0) is 25.0 Å². The van der Waals surface area contributed by atoms with Crippen molar-refractivity contribution in [1.82, 2.24) is 19.5 Å². The zero-order valence-corrected chi connectivity index (χ0v) is 18.6. The monoisotopic (exact) mass is 494 g/mol. The predicted octanol–water partition coefficient (Wildman–Crippen LogP) is 0.207. The summed E-state index contributed by atoms with van der Waals surface area (Å²) in [6, 6.07) is 4.78. The first-order valence-electron chi connectivity index (χ1n) is 10.1. The van der Waals surface area contributed by atoms with Crippen LogP contribution in [0.25, 0.3) is 11.2 Å². The highest BCUT2D eigenvalue weighted by Crippen LogP contribution is 2.45. The minimum absolute atomic E-state index is 0.0337. The molecule has 1 aliphatic heterocycles. The van der Waals surface area contributed by atoms with Crippen LogP contribution in [0.4, 0.5) is 5.82 Å². The third-order valence-corrected chi connectivity index (χ3v) is 6.14. The van der Waals surface area contributed by atoms with E-state index in [0.717, 1.165) is 0 Å². The van der Waals surface area contributed by atoms with Gasteiger partial charge in [0.1, 0.15) is 36.0 Å². The molecule has 1 fully saturated rings. The molecule has 0 amide bonds. The van der Waals surface area contributed by atoms with E-state index in [1.165, 1.54) is 36.9 Å². The molecule has 0 bridgehead atoms. The van der Waals surface area contributed by atoms with Crippen LogP contribution in [0.1, 0.15) is 18.2 Å². The SMILES string of the molecule is Nc1ncnc2c1ncn2[C@H]1C[C@H](O)[C@H](COP(=O)(O)Oc2ccc(C[C@H](N)C(=O)O)cc2)O1. The molecule has 7 N–H and O–H groups in total. The number of phosphoric acid groups is 1. The van der Waals surface area contributed by atoms with Gasteiger partial charge in [0.25, 0.3) is 0 Å². The number of anilines is 1. The van der Waals surface area contributed by atoms with Gasteiger partial charge in [-0.2, -0.15) is 0 Å². The van der Waals surface area contributed by atoms with E-state index in [2.05, 4.69) is 15.0 Å². The Balaban J connectivity index is 1.34. The second-order valence-electron chi connectivity index (χ2n) is 7.66. The number of carboxylic acids is 1. The summed E-state index contributed by atoms with van der Waals surface area (Å²) in [4.78, 5) is 33.1. The highest BCUT2D eigenvalue weighted by molar-refractivity contribution is 7.47. The number of hydrogen-bond donors (Lipinski definition) is 5. The number of fused-ring (bicyclic) bond motifs is 1. The van der Waals surface area contributed by atoms with Gasteiger partial charge >= 0.3 is 13.8 Å². The molecule has 3 heterocycles. The van der Waals surface area contributed by atoms with Crippen molar-refractivity contribution >= 4 is 30.8 Å². The minimum atomic E-state index is -4.54. The van der Waals surface area contributed by atoms with Gasteiger partial charge in [-0.1, -0.05) is 12.1 Å². The van der Waals surface area contributed by atoms with Crippen molar-refractivity contribution < 1.29 is 38.3 Å². The lowest BCUT2D eigenvalue weighted by Gasteiger charge is -2.18. The van der Waals surface area contributed by atoms with E-state index in [1.807, 2.05) is 0 Å². The van der Waals surface area contributed by atoms with Crippen molar-refractivity contribution in [3.05, 3.63) is 42.5 Å². The predicted molar refractivity (Wildman–Crippen MR) is 116 cm³/mol. The van der Waals surface area contributed by atoms with Gasteiger partial charge in [0.2, 0.25) is 0 Å². The maximum Gasteiger partial charge on any atom is 0.527 e. The van der Waals surface area contributed by atoms with Gasteiger partial charge in [-0.25, -0.2) is 19.5 Å². The Labute approximate surface area is 192 Å². The molecule has 1 aliphatic rings. The molecular weight excluding hydrogens is 471 g/mol. The Hall–Kier alpha value is -3.13. The maximum atomic E-state index is 12.4. The first-order chi connectivity index (χ1) is 16.1. The fourth-order valence-electron chi connectivity index (χ4n) is 3.47. The molecule has 0 saturated carbocycles. The fourth-order valence-corrected chi connectivity index (χ4v) is 4.25. The molecule has 5 atom stereocenters. The topological polar surface area (TPSA) is 218 Å². The van der Waals surface area contributed by atoms with Gasteiger partial charge < -0.3 is 30.9 Å². The van der Waals surface area contributed by atoms with Gasteiger partial charge in [0.05, 0.1) is 19.0 Å². The van der Waals surface area contributed by atoms with Gasteiger partial charge in [0.15, 0.2) is 11.5 Å². The summed E-state index contributed by atoms with van der Waals surface area (Å²) >= 11 is 0. The number of aliphatic hydroxyl groups excluding tert-OH is 1. The van der Waals surface area contributed by atoms with Crippen molar-refractivity contribution in [2.75, 3.05) is 12.3 Å². The molecule has 0 radical (unpaired) electrons. The van der Waals surface area contributed by atoms with Crippen LogP contribution in [0.3, 0.4) is 0 Å². The number of aromatic nitrogens is 4. The molecule has 3 aromatic rings. The lowest BCUT2D eigenvalue weighted by Crippen LogP contribution is -2.32. The summed E-state index contributed by atoms with van der Waals surface area (Å²) in [5, 5.41) is 19.2. The van der Waals surface area contributed by atoms with E-state index in [9.17, 15) is 19.4 Å². The molecule has 1 unspecified atom stereocenters. The van der Waals surface area contributed by atoms with Crippen molar-refractivity contribution in [2.45, 2.75) is 37.3 Å². The second kappa shape index (κ2) is 9.62. The third kappa shape index (κ3) is 5.33. The normalized spacial score (nSPS) is 23.0. The Kier molecular flexibility index (Phi) is 6.79. The van der Waals surface area contributed by atoms with Crippen molar-refractivity contribution in [2.24, 2.45) is 5.73 Å². The number of aliphatic hydroxyl groups is 1. The van der Waals surface area contributed by atoms with Crippen molar-refractivity contribution in [3.8, 4) is 5.75 Å². The quantitative estimate of drug-likeness (QED) is 0.251. The van der Waals surface area contributed by atoms with Crippen molar-refractivity contribution in [1.29, 1.82) is 0 Å². The first-order valence-corrected chi connectivity index (χ1v) is 11.6. The van der Waals surface area contributed by atoms with Gasteiger partial charge in [-0.05, 0) is 24.1 Å². The standard InChI is InChI=1S/C19H23N6O8P/c20-12(19(27)28)5-10-1-3-11(4-2-10)33-34(29,30)31-7-14-13(26)6-15(32-14)25-9-24-16-17(21)22-8-23-18(16)25/h1-4,8-9,12-15,26H,5-7,20H2,(H,27,28)(H,29,30)(H2,21,22,23)/t12-,13-,14-,15+/m0/s1. The van der Waals surface area contributed by atoms with Gasteiger partial charge in [-0.15, -0.1) is 0 Å². The van der Waals surface area contributed by atoms with Crippen LogP contribution in [0, 0.1) is 0 Å². The number of nitrogen functional groups attached to an aromatic ring is 1. The van der Waals surface area contributed by atoms with Crippen LogP contribution in [0.15, 0.2) is 36.9 Å². The Bertz CT molecular complexity index is 1220. The molecule has 2 aromatic heterocycles. The van der Waals surface area contributed by atoms with Crippen molar-refractivity contribution in [3.63, 3.8) is 0 Å². The average Bonchev–Trinajstić information content (AvgIpc) is 3.37. The molecule has 182 valence electrons. The van der Waals surface area contributed by atoms with E-state index in [1.54, 1.807) is 4.57 Å². The number of hydrogen-bond acceptors (Lipinski definition) is 11. The highest BCUT2D eigenvalue weighted by Gasteiger charge is 2.38. The summed E-state index contributed by atoms with van der Waals surface area (Å²) in [5.41, 5.74) is 12.7. The van der Waals surface area contributed by atoms with Crippen LogP contribution in [-0.4, -0.2) is 65.5 Å². The molecule has 0 spiro atoms. The van der Waals surface area contributed by atoms with Crippen LogP contribution in [0.2, 0.25) is 0 Å². The van der Waals surface area contributed by atoms with Crippen LogP contribution >= 0.6 is 7.82 Å². The number of nitrogens with zero attached hydrogens (tertiary/aromatic N) is 4. The number of ether oxygens (including phenoxy) is 1. The molecule has 1 saturated heterocycles. The molecule has 0 aliphatic carbocycles. The van der Waals surface area contributed by atoms with E-state index >= 15 is 0 Å². The summed E-state index contributed by atoms with van der Waals surface area (Å²) in [7, 11) is -4.54. The number of rotatable bonds is 9. The van der Waals surface area contributed by atoms with Gasteiger partial charge in [0, 0.05) is 6.42 Å². The molecule has 34 heavy (non-hydrogen) atoms. The minimum Gasteiger partial charge on any atom is -0.480 e. The third-order valence-electron chi connectivity index (χ3n) is 5.22. The summed E-state index contributed by atoms with van der Waals surface area (Å²) in [6.07, 6.45) is 0.458. The molecule has 14 nitrogen and oxygen atoms in total. The highest BCUT2D eigenvalue weighted by atomic mass is 31.2. The number of imidazole rings is 1. The molecule has 1 aromatic carbocycles. The smallest absolute Gasteiger partial charge is 0.480 e. The maximum absolute atomic E-state index is 12.4. The van der Waals surface area contributed by atoms with Crippen LogP contribution in [0.5, 0.6) is 5.75 Å². The number of aliphatic carboxylic acids is 1. The summed E-state index contributed by atoms with van der Waals surface area (Å²) in [5.74, 6) is -0.893. The Morgan fingerprint density at radius 1 is 1.29 bits per heavy atom.